The molecule has 1 aliphatic heterocycles. The van der Waals surface area contributed by atoms with Crippen molar-refractivity contribution in [3.8, 4) is 5.75 Å². The molecule has 0 spiro atoms. The standard InChI is InChI=1S/C14H21N3O2/c1-17-6-5-11(9-17)8-16-14(18)10-19-13-4-2-3-12(15)7-13/h2-4,7,11H,5-6,8-10,15H2,1H3,(H,16,18). The van der Waals surface area contributed by atoms with E-state index in [0.717, 1.165) is 26.1 Å². The van der Waals surface area contributed by atoms with Crippen molar-refractivity contribution in [3.05, 3.63) is 24.3 Å². The number of benzene rings is 1. The first-order valence-corrected chi connectivity index (χ1v) is 6.57. The van der Waals surface area contributed by atoms with Crippen LogP contribution in [0.1, 0.15) is 6.42 Å². The molecule has 5 heteroatoms. The summed E-state index contributed by atoms with van der Waals surface area (Å²) >= 11 is 0. The van der Waals surface area contributed by atoms with Crippen LogP contribution in [0.3, 0.4) is 0 Å². The maximum Gasteiger partial charge on any atom is 0.257 e. The smallest absolute Gasteiger partial charge is 0.257 e. The summed E-state index contributed by atoms with van der Waals surface area (Å²) in [6.07, 6.45) is 1.15. The topological polar surface area (TPSA) is 67.6 Å². The molecule has 2 rings (SSSR count). The van der Waals surface area contributed by atoms with Crippen LogP contribution >= 0.6 is 0 Å². The highest BCUT2D eigenvalue weighted by atomic mass is 16.5. The van der Waals surface area contributed by atoms with E-state index in [1.807, 2.05) is 0 Å². The zero-order valence-electron chi connectivity index (χ0n) is 11.3. The number of nitrogens with two attached hydrogens (primary N) is 1. The second-order valence-electron chi connectivity index (χ2n) is 5.08. The highest BCUT2D eigenvalue weighted by Gasteiger charge is 2.19. The average molecular weight is 263 g/mol. The monoisotopic (exact) mass is 263 g/mol. The van der Waals surface area contributed by atoms with E-state index in [0.29, 0.717) is 17.4 Å². The summed E-state index contributed by atoms with van der Waals surface area (Å²) < 4.78 is 5.38. The van der Waals surface area contributed by atoms with Crippen molar-refractivity contribution >= 4 is 11.6 Å². The zero-order chi connectivity index (χ0) is 13.7. The lowest BCUT2D eigenvalue weighted by Gasteiger charge is -2.12. The van der Waals surface area contributed by atoms with Crippen LogP contribution in [-0.2, 0) is 4.79 Å². The Kier molecular flexibility index (Phi) is 4.63. The Balaban J connectivity index is 1.67. The third-order valence-corrected chi connectivity index (χ3v) is 3.30. The number of carbonyl (C=O) groups is 1. The number of hydrogen-bond acceptors (Lipinski definition) is 4. The summed E-state index contributed by atoms with van der Waals surface area (Å²) in [6, 6.07) is 7.08. The lowest BCUT2D eigenvalue weighted by atomic mass is 10.1. The maximum atomic E-state index is 11.7. The predicted molar refractivity (Wildman–Crippen MR) is 75.0 cm³/mol. The summed E-state index contributed by atoms with van der Waals surface area (Å²) in [6.45, 7) is 2.92. The van der Waals surface area contributed by atoms with Gasteiger partial charge in [0.15, 0.2) is 6.61 Å². The summed E-state index contributed by atoms with van der Waals surface area (Å²) in [4.78, 5) is 13.9. The van der Waals surface area contributed by atoms with Gasteiger partial charge in [-0.1, -0.05) is 6.07 Å². The van der Waals surface area contributed by atoms with Crippen LogP contribution in [0.2, 0.25) is 0 Å². The van der Waals surface area contributed by atoms with E-state index in [9.17, 15) is 4.79 Å². The van der Waals surface area contributed by atoms with Crippen molar-refractivity contribution < 1.29 is 9.53 Å². The van der Waals surface area contributed by atoms with Gasteiger partial charge in [-0.25, -0.2) is 0 Å². The van der Waals surface area contributed by atoms with E-state index < -0.39 is 0 Å². The third-order valence-electron chi connectivity index (χ3n) is 3.30. The largest absolute Gasteiger partial charge is 0.484 e. The number of anilines is 1. The third kappa shape index (κ3) is 4.44. The summed E-state index contributed by atoms with van der Waals surface area (Å²) in [5.41, 5.74) is 6.27. The Morgan fingerprint density at radius 3 is 3.11 bits per heavy atom. The quantitative estimate of drug-likeness (QED) is 0.768. The molecule has 19 heavy (non-hydrogen) atoms. The molecular formula is C14H21N3O2. The van der Waals surface area contributed by atoms with Crippen LogP contribution in [0.15, 0.2) is 24.3 Å². The van der Waals surface area contributed by atoms with Crippen molar-refractivity contribution in [3.63, 3.8) is 0 Å². The van der Waals surface area contributed by atoms with Gasteiger partial charge < -0.3 is 20.7 Å². The maximum absolute atomic E-state index is 11.7. The molecule has 0 radical (unpaired) electrons. The number of nitrogens with one attached hydrogen (secondary N) is 1. The highest BCUT2D eigenvalue weighted by Crippen LogP contribution is 2.14. The molecule has 1 saturated heterocycles. The number of carbonyl (C=O) groups excluding carboxylic acids is 1. The highest BCUT2D eigenvalue weighted by molar-refractivity contribution is 5.77. The van der Waals surface area contributed by atoms with Crippen LogP contribution in [0, 0.1) is 5.92 Å². The second-order valence-corrected chi connectivity index (χ2v) is 5.08. The molecule has 0 bridgehead atoms. The molecular weight excluding hydrogens is 242 g/mol. The van der Waals surface area contributed by atoms with Crippen LogP contribution in [0.25, 0.3) is 0 Å². The Morgan fingerprint density at radius 2 is 2.42 bits per heavy atom. The zero-order valence-corrected chi connectivity index (χ0v) is 11.3. The molecule has 0 saturated carbocycles. The average Bonchev–Trinajstić information content (AvgIpc) is 2.80. The molecule has 1 fully saturated rings. The van der Waals surface area contributed by atoms with Gasteiger partial charge in [-0.2, -0.15) is 0 Å². The Hall–Kier alpha value is -1.75. The van der Waals surface area contributed by atoms with Crippen molar-refractivity contribution in [2.75, 3.05) is 39.0 Å². The van der Waals surface area contributed by atoms with E-state index in [1.54, 1.807) is 24.3 Å². The first-order valence-electron chi connectivity index (χ1n) is 6.57. The lowest BCUT2D eigenvalue weighted by Crippen LogP contribution is -2.33. The number of nitrogen functional groups attached to an aromatic ring is 1. The number of nitrogens with zero attached hydrogens (tertiary/aromatic N) is 1. The minimum absolute atomic E-state index is 0.0337. The molecule has 5 nitrogen and oxygen atoms in total. The van der Waals surface area contributed by atoms with Gasteiger partial charge in [-0.15, -0.1) is 0 Å². The second kappa shape index (κ2) is 6.43. The normalized spacial score (nSPS) is 19.3. The van der Waals surface area contributed by atoms with Gasteiger partial charge in [0, 0.05) is 24.8 Å². The SMILES string of the molecule is CN1CCC(CNC(=O)COc2cccc(N)c2)C1. The van der Waals surface area contributed by atoms with Gasteiger partial charge in [-0.3, -0.25) is 4.79 Å². The fourth-order valence-electron chi connectivity index (χ4n) is 2.26. The van der Waals surface area contributed by atoms with Crippen molar-refractivity contribution in [2.45, 2.75) is 6.42 Å². The number of likely N-dealkylation sites (tertiary alicyclic amines) is 1. The van der Waals surface area contributed by atoms with E-state index in [4.69, 9.17) is 10.5 Å². The molecule has 3 N–H and O–H groups in total. The van der Waals surface area contributed by atoms with E-state index in [-0.39, 0.29) is 12.5 Å². The molecule has 1 atom stereocenters. The molecule has 0 aliphatic carbocycles. The fourth-order valence-corrected chi connectivity index (χ4v) is 2.26. The first kappa shape index (κ1) is 13.7. The number of ether oxygens (including phenoxy) is 1. The van der Waals surface area contributed by atoms with E-state index in [1.165, 1.54) is 0 Å². The fraction of sp³-hybridized carbons (Fsp3) is 0.500. The molecule has 1 amide bonds. The van der Waals surface area contributed by atoms with Crippen molar-refractivity contribution in [2.24, 2.45) is 5.92 Å². The van der Waals surface area contributed by atoms with Crippen LogP contribution in [0.4, 0.5) is 5.69 Å². The summed E-state index contributed by atoms with van der Waals surface area (Å²) in [5.74, 6) is 1.09. The van der Waals surface area contributed by atoms with Gasteiger partial charge in [-0.05, 0) is 38.1 Å². The molecule has 1 unspecified atom stereocenters. The van der Waals surface area contributed by atoms with Crippen molar-refractivity contribution in [1.29, 1.82) is 0 Å². The molecule has 1 aliphatic rings. The Labute approximate surface area is 113 Å². The van der Waals surface area contributed by atoms with Gasteiger partial charge in [0.05, 0.1) is 0 Å². The van der Waals surface area contributed by atoms with Gasteiger partial charge in [0.1, 0.15) is 5.75 Å². The lowest BCUT2D eigenvalue weighted by molar-refractivity contribution is -0.123. The van der Waals surface area contributed by atoms with Crippen LogP contribution in [0.5, 0.6) is 5.75 Å². The van der Waals surface area contributed by atoms with Gasteiger partial charge in [0.25, 0.3) is 5.91 Å². The summed E-state index contributed by atoms with van der Waals surface area (Å²) in [7, 11) is 2.10. The minimum atomic E-state index is -0.0861. The predicted octanol–water partition coefficient (Wildman–Crippen LogP) is 0.716. The Morgan fingerprint density at radius 1 is 1.58 bits per heavy atom. The number of rotatable bonds is 5. The van der Waals surface area contributed by atoms with E-state index in [2.05, 4.69) is 17.3 Å². The number of amides is 1. The summed E-state index contributed by atoms with van der Waals surface area (Å²) in [5, 5.41) is 2.91. The van der Waals surface area contributed by atoms with Crippen LogP contribution < -0.4 is 15.8 Å². The minimum Gasteiger partial charge on any atom is -0.484 e. The van der Waals surface area contributed by atoms with E-state index >= 15 is 0 Å². The molecule has 104 valence electrons. The number of hydrogen-bond donors (Lipinski definition) is 2. The molecule has 1 heterocycles. The molecule has 0 aromatic heterocycles. The first-order chi connectivity index (χ1) is 9.13. The Bertz CT molecular complexity index is 436. The van der Waals surface area contributed by atoms with Crippen LogP contribution in [-0.4, -0.2) is 44.1 Å². The van der Waals surface area contributed by atoms with Gasteiger partial charge in [0.2, 0.25) is 0 Å². The van der Waals surface area contributed by atoms with Gasteiger partial charge >= 0.3 is 0 Å². The van der Waals surface area contributed by atoms with Crippen molar-refractivity contribution in [1.82, 2.24) is 10.2 Å². The molecule has 1 aromatic rings. The molecule has 1 aromatic carbocycles.